The van der Waals surface area contributed by atoms with E-state index in [2.05, 4.69) is 17.1 Å². The summed E-state index contributed by atoms with van der Waals surface area (Å²) in [5.74, 6) is 0.919. The highest BCUT2D eigenvalue weighted by molar-refractivity contribution is 5.78. The van der Waals surface area contributed by atoms with E-state index < -0.39 is 0 Å². The van der Waals surface area contributed by atoms with Crippen molar-refractivity contribution >= 4 is 5.91 Å². The van der Waals surface area contributed by atoms with Gasteiger partial charge in [-0.2, -0.15) is 0 Å². The van der Waals surface area contributed by atoms with Crippen molar-refractivity contribution in [1.82, 2.24) is 10.2 Å². The molecule has 0 bridgehead atoms. The van der Waals surface area contributed by atoms with Crippen LogP contribution in [-0.4, -0.2) is 42.1 Å². The van der Waals surface area contributed by atoms with Gasteiger partial charge in [0.1, 0.15) is 0 Å². The number of piperidine rings is 1. The minimum absolute atomic E-state index is 0.0749. The first-order valence-corrected chi connectivity index (χ1v) is 7.85. The molecular weight excluding hydrogens is 264 g/mol. The van der Waals surface area contributed by atoms with Crippen molar-refractivity contribution in [2.45, 2.75) is 32.8 Å². The van der Waals surface area contributed by atoms with E-state index in [9.17, 15) is 4.79 Å². The van der Waals surface area contributed by atoms with Crippen molar-refractivity contribution in [3.05, 3.63) is 35.4 Å². The summed E-state index contributed by atoms with van der Waals surface area (Å²) in [7, 11) is 0. The summed E-state index contributed by atoms with van der Waals surface area (Å²) in [6.45, 7) is 5.62. The second-order valence-electron chi connectivity index (χ2n) is 6.03. The highest BCUT2D eigenvalue weighted by Gasteiger charge is 2.17. The quantitative estimate of drug-likeness (QED) is 0.836. The molecule has 0 saturated carbocycles. The highest BCUT2D eigenvalue weighted by atomic mass is 16.3. The smallest absolute Gasteiger partial charge is 0.234 e. The van der Waals surface area contributed by atoms with Crippen LogP contribution >= 0.6 is 0 Å². The molecule has 0 aromatic heterocycles. The number of rotatable bonds is 6. The number of nitrogens with one attached hydrogen (secondary N) is 1. The maximum Gasteiger partial charge on any atom is 0.234 e. The van der Waals surface area contributed by atoms with Gasteiger partial charge in [0.2, 0.25) is 5.91 Å². The summed E-state index contributed by atoms with van der Waals surface area (Å²) in [6, 6.07) is 7.85. The Bertz CT molecular complexity index is 437. The summed E-state index contributed by atoms with van der Waals surface area (Å²) in [4.78, 5) is 14.1. The van der Waals surface area contributed by atoms with E-state index in [1.165, 1.54) is 18.4 Å². The molecule has 116 valence electrons. The lowest BCUT2D eigenvalue weighted by atomic mass is 9.99. The van der Waals surface area contributed by atoms with E-state index in [4.69, 9.17) is 5.11 Å². The molecule has 1 aromatic rings. The van der Waals surface area contributed by atoms with Crippen LogP contribution in [0.5, 0.6) is 0 Å². The monoisotopic (exact) mass is 290 g/mol. The summed E-state index contributed by atoms with van der Waals surface area (Å²) in [5.41, 5.74) is 2.10. The Hall–Kier alpha value is -1.39. The third kappa shape index (κ3) is 5.48. The van der Waals surface area contributed by atoms with Crippen molar-refractivity contribution in [2.24, 2.45) is 5.92 Å². The lowest BCUT2D eigenvalue weighted by Crippen LogP contribution is -2.41. The van der Waals surface area contributed by atoms with Gasteiger partial charge in [-0.05, 0) is 49.4 Å². The average Bonchev–Trinajstić information content (AvgIpc) is 2.50. The number of benzene rings is 1. The van der Waals surface area contributed by atoms with Crippen LogP contribution in [0.1, 0.15) is 30.9 Å². The summed E-state index contributed by atoms with van der Waals surface area (Å²) < 4.78 is 0. The molecule has 2 N–H and O–H groups in total. The average molecular weight is 290 g/mol. The van der Waals surface area contributed by atoms with E-state index >= 15 is 0 Å². The van der Waals surface area contributed by atoms with Gasteiger partial charge in [-0.3, -0.25) is 9.69 Å². The van der Waals surface area contributed by atoms with Crippen LogP contribution in [0.15, 0.2) is 24.3 Å². The normalized spacial score (nSPS) is 16.9. The molecule has 1 aliphatic rings. The van der Waals surface area contributed by atoms with Gasteiger partial charge in [0.15, 0.2) is 0 Å². The zero-order chi connectivity index (χ0) is 15.1. The molecule has 1 aromatic carbocycles. The fourth-order valence-electron chi connectivity index (χ4n) is 2.64. The zero-order valence-corrected chi connectivity index (χ0v) is 12.8. The van der Waals surface area contributed by atoms with Crippen LogP contribution < -0.4 is 5.32 Å². The maximum absolute atomic E-state index is 11.9. The van der Waals surface area contributed by atoms with Crippen molar-refractivity contribution in [3.8, 4) is 0 Å². The Morgan fingerprint density at radius 1 is 1.24 bits per heavy atom. The van der Waals surface area contributed by atoms with Crippen molar-refractivity contribution in [2.75, 3.05) is 26.2 Å². The first-order valence-electron chi connectivity index (χ1n) is 7.85. The lowest BCUT2D eigenvalue weighted by molar-refractivity contribution is -0.122. The molecule has 0 spiro atoms. The number of nitrogens with zero attached hydrogens (tertiary/aromatic N) is 1. The Morgan fingerprint density at radius 3 is 2.48 bits per heavy atom. The molecule has 0 unspecified atom stereocenters. The van der Waals surface area contributed by atoms with E-state index in [0.29, 0.717) is 13.1 Å². The van der Waals surface area contributed by atoms with Gasteiger partial charge in [0.05, 0.1) is 13.2 Å². The highest BCUT2D eigenvalue weighted by Crippen LogP contribution is 2.15. The first-order chi connectivity index (χ1) is 10.2. The number of amides is 1. The number of aliphatic hydroxyl groups is 1. The van der Waals surface area contributed by atoms with Gasteiger partial charge in [-0.1, -0.05) is 31.2 Å². The molecule has 1 saturated heterocycles. The predicted molar refractivity (Wildman–Crippen MR) is 83.9 cm³/mol. The van der Waals surface area contributed by atoms with Gasteiger partial charge >= 0.3 is 0 Å². The van der Waals surface area contributed by atoms with Crippen LogP contribution in [0, 0.1) is 5.92 Å². The van der Waals surface area contributed by atoms with Gasteiger partial charge in [0, 0.05) is 6.54 Å². The van der Waals surface area contributed by atoms with E-state index in [1.54, 1.807) is 0 Å². The van der Waals surface area contributed by atoms with Gasteiger partial charge in [-0.15, -0.1) is 0 Å². The van der Waals surface area contributed by atoms with Crippen LogP contribution in [0.2, 0.25) is 0 Å². The molecule has 1 amide bonds. The van der Waals surface area contributed by atoms with Gasteiger partial charge in [-0.25, -0.2) is 0 Å². The molecule has 0 aliphatic carbocycles. The second kappa shape index (κ2) is 8.15. The second-order valence-corrected chi connectivity index (χ2v) is 6.03. The topological polar surface area (TPSA) is 52.6 Å². The number of likely N-dealkylation sites (tertiary alicyclic amines) is 1. The van der Waals surface area contributed by atoms with Crippen molar-refractivity contribution in [3.63, 3.8) is 0 Å². The summed E-state index contributed by atoms with van der Waals surface area (Å²) in [6.07, 6.45) is 3.23. The number of hydrogen-bond acceptors (Lipinski definition) is 3. The minimum atomic E-state index is 0.0749. The zero-order valence-electron chi connectivity index (χ0n) is 12.8. The number of carbonyl (C=O) groups excluding carboxylic acids is 1. The number of carbonyl (C=O) groups is 1. The van der Waals surface area contributed by atoms with E-state index in [1.807, 2.05) is 24.3 Å². The Morgan fingerprint density at radius 2 is 1.86 bits per heavy atom. The van der Waals surface area contributed by atoms with Crippen LogP contribution in [0.4, 0.5) is 0 Å². The van der Waals surface area contributed by atoms with Crippen molar-refractivity contribution < 1.29 is 9.90 Å². The molecular formula is C17H26N2O2. The number of hydrogen-bond donors (Lipinski definition) is 2. The fraction of sp³-hybridized carbons (Fsp3) is 0.588. The molecule has 0 atom stereocenters. The predicted octanol–water partition coefficient (Wildman–Crippen LogP) is 1.57. The SMILES string of the molecule is CC1CCN(CC(=O)NCCc2ccc(CO)cc2)CC1. The summed E-state index contributed by atoms with van der Waals surface area (Å²) >= 11 is 0. The van der Waals surface area contributed by atoms with E-state index in [0.717, 1.165) is 31.0 Å². The molecule has 21 heavy (non-hydrogen) atoms. The Labute approximate surface area is 127 Å². The maximum atomic E-state index is 11.9. The standard InChI is InChI=1S/C17H26N2O2/c1-14-7-10-19(11-8-14)12-17(21)18-9-6-15-2-4-16(13-20)5-3-15/h2-5,14,20H,6-13H2,1H3,(H,18,21). The minimum Gasteiger partial charge on any atom is -0.392 e. The third-order valence-electron chi connectivity index (χ3n) is 4.18. The Balaban J connectivity index is 1.64. The molecule has 2 rings (SSSR count). The van der Waals surface area contributed by atoms with Crippen LogP contribution in [0.3, 0.4) is 0 Å². The molecule has 0 radical (unpaired) electrons. The molecule has 1 aliphatic heterocycles. The third-order valence-corrected chi connectivity index (χ3v) is 4.18. The van der Waals surface area contributed by atoms with E-state index in [-0.39, 0.29) is 12.5 Å². The van der Waals surface area contributed by atoms with Gasteiger partial charge < -0.3 is 10.4 Å². The van der Waals surface area contributed by atoms with Crippen molar-refractivity contribution in [1.29, 1.82) is 0 Å². The lowest BCUT2D eigenvalue weighted by Gasteiger charge is -2.29. The largest absolute Gasteiger partial charge is 0.392 e. The first kappa shape index (κ1) is 16.0. The van der Waals surface area contributed by atoms with Crippen LogP contribution in [-0.2, 0) is 17.8 Å². The number of aliphatic hydroxyl groups excluding tert-OH is 1. The summed E-state index contributed by atoms with van der Waals surface area (Å²) in [5, 5.41) is 12.0. The molecule has 4 heteroatoms. The molecule has 1 fully saturated rings. The molecule has 1 heterocycles. The van der Waals surface area contributed by atoms with Crippen LogP contribution in [0.25, 0.3) is 0 Å². The Kier molecular flexibility index (Phi) is 6.21. The fourth-order valence-corrected chi connectivity index (χ4v) is 2.64. The molecule has 4 nitrogen and oxygen atoms in total. The van der Waals surface area contributed by atoms with Gasteiger partial charge in [0.25, 0.3) is 0 Å².